The lowest BCUT2D eigenvalue weighted by atomic mass is 10.1. The standard InChI is InChI=1S/C29H26N4O5S2.ClH/c34-27(19-9-12-26-24(14-19)33-28(35)23-5-1-2-6-25(23)40(26,36)37)31-15-22-16-32-29(39-22)18-7-10-21(11-8-18)38-17-20-4-3-13-30-20;/h1-2,5-12,14,16,20,30H,3-4,13,15,17H2,(H,31,34)(H,33,35);1H/t20-;/m1./s1. The Bertz CT molecular complexity index is 1700. The second kappa shape index (κ2) is 12.0. The van der Waals surface area contributed by atoms with Crippen molar-refractivity contribution in [1.29, 1.82) is 0 Å². The number of carbonyl (C=O) groups excluding carboxylic acids is 2. The number of aromatic nitrogens is 1. The molecule has 3 aromatic carbocycles. The van der Waals surface area contributed by atoms with E-state index in [9.17, 15) is 18.0 Å². The fourth-order valence-corrected chi connectivity index (χ4v) is 7.23. The number of hydrogen-bond acceptors (Lipinski definition) is 8. The zero-order valence-electron chi connectivity index (χ0n) is 21.8. The van der Waals surface area contributed by atoms with E-state index in [1.54, 1.807) is 18.3 Å². The molecule has 2 amide bonds. The van der Waals surface area contributed by atoms with Crippen LogP contribution in [0.4, 0.5) is 5.69 Å². The first-order chi connectivity index (χ1) is 19.4. The number of carbonyl (C=O) groups is 2. The van der Waals surface area contributed by atoms with Gasteiger partial charge in [0.25, 0.3) is 11.8 Å². The molecule has 9 nitrogen and oxygen atoms in total. The van der Waals surface area contributed by atoms with Crippen LogP contribution in [0.1, 0.15) is 38.4 Å². The van der Waals surface area contributed by atoms with Gasteiger partial charge in [0.2, 0.25) is 9.84 Å². The van der Waals surface area contributed by atoms with Crippen LogP contribution in [-0.4, -0.2) is 44.4 Å². The Morgan fingerprint density at radius 3 is 2.66 bits per heavy atom. The number of nitrogens with one attached hydrogen (secondary N) is 3. The van der Waals surface area contributed by atoms with Gasteiger partial charge in [0, 0.05) is 28.2 Å². The third-order valence-corrected chi connectivity index (χ3v) is 9.81. The molecule has 1 aromatic heterocycles. The molecule has 1 fully saturated rings. The van der Waals surface area contributed by atoms with Crippen LogP contribution in [0.15, 0.2) is 82.7 Å². The van der Waals surface area contributed by atoms with E-state index in [1.165, 1.54) is 48.1 Å². The smallest absolute Gasteiger partial charge is 0.257 e. The lowest BCUT2D eigenvalue weighted by Gasteiger charge is -2.12. The molecule has 3 N–H and O–H groups in total. The van der Waals surface area contributed by atoms with Crippen molar-refractivity contribution in [3.63, 3.8) is 0 Å². The Morgan fingerprint density at radius 2 is 1.88 bits per heavy atom. The van der Waals surface area contributed by atoms with E-state index < -0.39 is 21.7 Å². The van der Waals surface area contributed by atoms with E-state index in [0.29, 0.717) is 12.6 Å². The average molecular weight is 611 g/mol. The predicted octanol–water partition coefficient (Wildman–Crippen LogP) is 4.69. The number of hydrogen-bond donors (Lipinski definition) is 3. The number of ether oxygens (including phenoxy) is 1. The Labute approximate surface area is 247 Å². The quantitative estimate of drug-likeness (QED) is 0.277. The zero-order chi connectivity index (χ0) is 27.7. The van der Waals surface area contributed by atoms with Crippen molar-refractivity contribution >= 4 is 51.1 Å². The van der Waals surface area contributed by atoms with Gasteiger partial charge in [0.1, 0.15) is 17.4 Å². The number of sulfone groups is 1. The topological polar surface area (TPSA) is 126 Å². The van der Waals surface area contributed by atoms with Crippen molar-refractivity contribution in [1.82, 2.24) is 15.6 Å². The summed E-state index contributed by atoms with van der Waals surface area (Å²) in [6.07, 6.45) is 4.04. The monoisotopic (exact) mass is 610 g/mol. The molecule has 2 aliphatic rings. The first-order valence-electron chi connectivity index (χ1n) is 12.9. The van der Waals surface area contributed by atoms with Gasteiger partial charge in [-0.3, -0.25) is 9.59 Å². The van der Waals surface area contributed by atoms with Gasteiger partial charge in [0.05, 0.1) is 27.6 Å². The minimum atomic E-state index is -3.93. The first-order valence-corrected chi connectivity index (χ1v) is 15.2. The largest absolute Gasteiger partial charge is 0.492 e. The maximum absolute atomic E-state index is 13.2. The third kappa shape index (κ3) is 5.98. The van der Waals surface area contributed by atoms with Gasteiger partial charge >= 0.3 is 0 Å². The van der Waals surface area contributed by atoms with Crippen LogP contribution >= 0.6 is 23.7 Å². The SMILES string of the molecule is Cl.O=C(NCc1cnc(-c2ccc(OC[C@H]3CCCN3)cc2)s1)c1ccc2c(c1)NC(=O)c1ccccc1S2(=O)=O. The molecule has 4 aromatic rings. The highest BCUT2D eigenvalue weighted by molar-refractivity contribution is 7.91. The predicted molar refractivity (Wildman–Crippen MR) is 159 cm³/mol. The minimum Gasteiger partial charge on any atom is -0.492 e. The Morgan fingerprint density at radius 1 is 1.07 bits per heavy atom. The Hall–Kier alpha value is -3.77. The lowest BCUT2D eigenvalue weighted by Crippen LogP contribution is -2.28. The number of benzene rings is 3. The van der Waals surface area contributed by atoms with Crippen LogP contribution in [0, 0.1) is 0 Å². The number of thiazole rings is 1. The molecular formula is C29H27ClN4O5S2. The summed E-state index contributed by atoms with van der Waals surface area (Å²) in [6, 6.07) is 18.4. The fraction of sp³-hybridized carbons (Fsp3) is 0.207. The number of nitrogens with zero attached hydrogens (tertiary/aromatic N) is 1. The second-order valence-corrected chi connectivity index (χ2v) is 12.6. The van der Waals surface area contributed by atoms with E-state index in [1.807, 2.05) is 24.3 Å². The molecule has 0 aliphatic carbocycles. The van der Waals surface area contributed by atoms with E-state index in [-0.39, 0.29) is 45.6 Å². The third-order valence-electron chi connectivity index (χ3n) is 6.89. The molecule has 6 rings (SSSR count). The summed E-state index contributed by atoms with van der Waals surface area (Å²) in [7, 11) is -3.93. The van der Waals surface area contributed by atoms with Crippen LogP contribution in [0.5, 0.6) is 5.75 Å². The van der Waals surface area contributed by atoms with Gasteiger partial charge in [0.15, 0.2) is 0 Å². The van der Waals surface area contributed by atoms with Crippen molar-refractivity contribution in [2.75, 3.05) is 18.5 Å². The lowest BCUT2D eigenvalue weighted by molar-refractivity contribution is 0.0949. The van der Waals surface area contributed by atoms with Crippen molar-refractivity contribution in [2.24, 2.45) is 0 Å². The molecular weight excluding hydrogens is 584 g/mol. The number of rotatable bonds is 7. The van der Waals surface area contributed by atoms with Crippen LogP contribution in [0.25, 0.3) is 10.6 Å². The molecule has 12 heteroatoms. The molecule has 3 heterocycles. The normalized spacial score (nSPS) is 16.9. The highest BCUT2D eigenvalue weighted by atomic mass is 35.5. The second-order valence-electron chi connectivity index (χ2n) is 9.61. The van der Waals surface area contributed by atoms with Crippen molar-refractivity contribution < 1.29 is 22.7 Å². The molecule has 1 atom stereocenters. The number of fused-ring (bicyclic) bond motifs is 2. The molecule has 2 aliphatic heterocycles. The van der Waals surface area contributed by atoms with Gasteiger partial charge in [-0.25, -0.2) is 13.4 Å². The summed E-state index contributed by atoms with van der Waals surface area (Å²) in [5.41, 5.74) is 1.32. The Kier molecular flexibility index (Phi) is 8.41. The summed E-state index contributed by atoms with van der Waals surface area (Å²) in [6.45, 7) is 1.95. The van der Waals surface area contributed by atoms with Crippen LogP contribution in [0.3, 0.4) is 0 Å². The number of anilines is 1. The van der Waals surface area contributed by atoms with E-state index in [0.717, 1.165) is 34.2 Å². The van der Waals surface area contributed by atoms with Crippen LogP contribution in [-0.2, 0) is 16.4 Å². The van der Waals surface area contributed by atoms with Crippen molar-refractivity contribution in [3.05, 3.63) is 88.9 Å². The van der Waals surface area contributed by atoms with Crippen molar-refractivity contribution in [2.45, 2.75) is 35.2 Å². The van der Waals surface area contributed by atoms with Gasteiger partial charge in [-0.15, -0.1) is 23.7 Å². The summed E-state index contributed by atoms with van der Waals surface area (Å²) >= 11 is 1.47. The number of amides is 2. The average Bonchev–Trinajstić information content (AvgIpc) is 3.66. The minimum absolute atomic E-state index is 0. The van der Waals surface area contributed by atoms with Gasteiger partial charge in [-0.2, -0.15) is 0 Å². The molecule has 41 heavy (non-hydrogen) atoms. The summed E-state index contributed by atoms with van der Waals surface area (Å²) in [5, 5.41) is 9.72. The van der Waals surface area contributed by atoms with E-state index in [2.05, 4.69) is 20.9 Å². The molecule has 1 saturated heterocycles. The number of halogens is 1. The fourth-order valence-electron chi connectivity index (χ4n) is 4.78. The van der Waals surface area contributed by atoms with Crippen LogP contribution in [0.2, 0.25) is 0 Å². The van der Waals surface area contributed by atoms with Crippen LogP contribution < -0.4 is 20.7 Å². The van der Waals surface area contributed by atoms with Gasteiger partial charge in [-0.05, 0) is 74.0 Å². The summed E-state index contributed by atoms with van der Waals surface area (Å²) < 4.78 is 32.2. The van der Waals surface area contributed by atoms with Gasteiger partial charge in [-0.1, -0.05) is 12.1 Å². The first kappa shape index (κ1) is 28.7. The summed E-state index contributed by atoms with van der Waals surface area (Å²) in [5.74, 6) is -0.127. The maximum atomic E-state index is 13.2. The van der Waals surface area contributed by atoms with E-state index >= 15 is 0 Å². The molecule has 212 valence electrons. The van der Waals surface area contributed by atoms with Crippen molar-refractivity contribution in [3.8, 4) is 16.3 Å². The van der Waals surface area contributed by atoms with Gasteiger partial charge < -0.3 is 20.7 Å². The highest BCUT2D eigenvalue weighted by Gasteiger charge is 2.31. The van der Waals surface area contributed by atoms with E-state index in [4.69, 9.17) is 4.74 Å². The zero-order valence-corrected chi connectivity index (χ0v) is 24.2. The summed E-state index contributed by atoms with van der Waals surface area (Å²) in [4.78, 5) is 30.8. The molecule has 0 spiro atoms. The molecule has 0 saturated carbocycles. The molecule has 0 unspecified atom stereocenters. The Balaban J connectivity index is 0.00000337. The molecule has 0 bridgehead atoms. The highest BCUT2D eigenvalue weighted by Crippen LogP contribution is 2.34. The molecule has 0 radical (unpaired) electrons. The maximum Gasteiger partial charge on any atom is 0.257 e.